The Morgan fingerprint density at radius 2 is 1.27 bits per heavy atom. The van der Waals surface area contributed by atoms with Crippen LogP contribution in [0.15, 0.2) is 57.9 Å². The average Bonchev–Trinajstić information content (AvgIpc) is 3.65. The van der Waals surface area contributed by atoms with Crippen molar-refractivity contribution < 1.29 is 13.9 Å². The number of benzene rings is 3. The molecule has 2 fully saturated rings. The average molecular weight is 747 g/mol. The fraction of sp³-hybridized carbons (Fsp3) is 0.600. The van der Waals surface area contributed by atoms with Crippen molar-refractivity contribution >= 4 is 22.5 Å². The zero-order valence-corrected chi connectivity index (χ0v) is 35.2. The Morgan fingerprint density at radius 1 is 0.727 bits per heavy atom. The predicted octanol–water partition coefficient (Wildman–Crippen LogP) is 15.2. The van der Waals surface area contributed by atoms with Crippen LogP contribution in [0.25, 0.3) is 22.6 Å². The molecule has 1 heterocycles. The highest BCUT2D eigenvalue weighted by molar-refractivity contribution is 6.00. The lowest BCUT2D eigenvalue weighted by atomic mass is 9.83. The molecule has 0 spiro atoms. The number of unbranched alkanes of at least 4 members (excludes halogenated alkanes) is 2. The molecule has 0 radical (unpaired) electrons. The van der Waals surface area contributed by atoms with E-state index in [2.05, 4.69) is 90.1 Å². The first kappa shape index (κ1) is 41.0. The minimum Gasteiger partial charge on any atom is -0.493 e. The van der Waals surface area contributed by atoms with E-state index in [1.165, 1.54) is 126 Å². The van der Waals surface area contributed by atoms with E-state index in [0.717, 1.165) is 64.8 Å². The molecular weight excluding hydrogens is 677 g/mol. The summed E-state index contributed by atoms with van der Waals surface area (Å²) in [7, 11) is 0. The van der Waals surface area contributed by atoms with Gasteiger partial charge in [-0.3, -0.25) is 4.99 Å². The van der Waals surface area contributed by atoms with Crippen LogP contribution in [0.5, 0.6) is 11.5 Å². The zero-order chi connectivity index (χ0) is 38.6. The summed E-state index contributed by atoms with van der Waals surface area (Å²) in [5.41, 5.74) is 9.69. The van der Waals surface area contributed by atoms with Crippen LogP contribution in [0.2, 0.25) is 0 Å². The Kier molecular flexibility index (Phi) is 15.3. The highest BCUT2D eigenvalue weighted by Gasteiger charge is 2.24. The number of oxazole rings is 1. The molecule has 2 atom stereocenters. The Hall–Kier alpha value is -3.60. The summed E-state index contributed by atoms with van der Waals surface area (Å²) in [5.74, 6) is 5.01. The van der Waals surface area contributed by atoms with E-state index in [9.17, 15) is 0 Å². The van der Waals surface area contributed by atoms with Gasteiger partial charge in [-0.15, -0.1) is 0 Å². The van der Waals surface area contributed by atoms with Crippen LogP contribution in [0.4, 0.5) is 5.69 Å². The largest absolute Gasteiger partial charge is 0.493 e. The summed E-state index contributed by atoms with van der Waals surface area (Å²) < 4.78 is 19.8. The molecule has 0 aliphatic heterocycles. The molecule has 1 aromatic heterocycles. The van der Waals surface area contributed by atoms with Gasteiger partial charge in [0.05, 0.1) is 18.9 Å². The lowest BCUT2D eigenvalue weighted by Crippen LogP contribution is -2.14. The van der Waals surface area contributed by atoms with E-state index in [0.29, 0.717) is 29.6 Å². The lowest BCUT2D eigenvalue weighted by molar-refractivity contribution is 0.229. The maximum Gasteiger partial charge on any atom is 0.227 e. The van der Waals surface area contributed by atoms with Gasteiger partial charge in [0.15, 0.2) is 5.58 Å². The summed E-state index contributed by atoms with van der Waals surface area (Å²) in [6, 6.07) is 17.6. The van der Waals surface area contributed by atoms with Crippen LogP contribution in [-0.2, 0) is 0 Å². The molecule has 2 aliphatic carbocycles. The number of hydrogen-bond donors (Lipinski definition) is 0. The zero-order valence-electron chi connectivity index (χ0n) is 35.2. The Bertz CT molecular complexity index is 1810. The fourth-order valence-electron chi connectivity index (χ4n) is 8.93. The van der Waals surface area contributed by atoms with Gasteiger partial charge in [0, 0.05) is 17.3 Å². The van der Waals surface area contributed by atoms with E-state index in [-0.39, 0.29) is 0 Å². The first-order valence-electron chi connectivity index (χ1n) is 22.4. The van der Waals surface area contributed by atoms with Crippen molar-refractivity contribution in [2.75, 3.05) is 13.2 Å². The van der Waals surface area contributed by atoms with Crippen molar-refractivity contribution in [1.29, 1.82) is 0 Å². The molecule has 2 saturated carbocycles. The number of nitrogens with zero attached hydrogens (tertiary/aromatic N) is 2. The fourth-order valence-corrected chi connectivity index (χ4v) is 8.93. The second-order valence-corrected chi connectivity index (χ2v) is 17.0. The van der Waals surface area contributed by atoms with E-state index >= 15 is 0 Å². The molecule has 3 aromatic carbocycles. The maximum absolute atomic E-state index is 6.66. The number of aliphatic imine (C=N–C) groups is 1. The predicted molar refractivity (Wildman–Crippen MR) is 232 cm³/mol. The summed E-state index contributed by atoms with van der Waals surface area (Å²) >= 11 is 0. The Balaban J connectivity index is 1.22. The van der Waals surface area contributed by atoms with Crippen molar-refractivity contribution in [2.24, 2.45) is 16.8 Å². The van der Waals surface area contributed by atoms with Crippen LogP contribution in [0, 0.1) is 18.8 Å². The second kappa shape index (κ2) is 20.5. The van der Waals surface area contributed by atoms with E-state index in [1.54, 1.807) is 0 Å². The normalized spacial score (nSPS) is 17.1. The first-order chi connectivity index (χ1) is 26.9. The van der Waals surface area contributed by atoms with Crippen molar-refractivity contribution in [3.63, 3.8) is 0 Å². The number of hydrogen-bond acceptors (Lipinski definition) is 5. The molecular formula is C50H70N2O3. The third-order valence-corrected chi connectivity index (χ3v) is 12.8. The highest BCUT2D eigenvalue weighted by atomic mass is 16.5. The van der Waals surface area contributed by atoms with Crippen LogP contribution >= 0.6 is 0 Å². The lowest BCUT2D eigenvalue weighted by Gasteiger charge is -2.26. The minimum atomic E-state index is 0.528. The molecule has 6 rings (SSSR count). The summed E-state index contributed by atoms with van der Waals surface area (Å²) in [6.45, 7) is 15.0. The first-order valence-corrected chi connectivity index (χ1v) is 22.4. The van der Waals surface area contributed by atoms with Crippen molar-refractivity contribution in [3.05, 3.63) is 70.8 Å². The van der Waals surface area contributed by atoms with Gasteiger partial charge in [-0.1, -0.05) is 117 Å². The van der Waals surface area contributed by atoms with Gasteiger partial charge < -0.3 is 13.9 Å². The standard InChI is InChI=1S/C50H70N2O3/c1-7-11-19-37(9-3)33-53-47-29-35(5)45(30-43(47)40-21-15-13-16-22-40)51-36(6)39-25-27-42(28-26-39)50-52-46-31-44(41-23-17-14-18-24-41)48(32-49(46)55-50)54-34-38(10-4)20-12-8-2/h25-32,37-38,40-41H,7-24,33-34H2,1-6H3/b51-36+. The maximum atomic E-state index is 6.66. The summed E-state index contributed by atoms with van der Waals surface area (Å²) in [4.78, 5) is 10.3. The van der Waals surface area contributed by atoms with Crippen LogP contribution in [0.1, 0.15) is 184 Å². The Labute approximate surface area is 333 Å². The smallest absolute Gasteiger partial charge is 0.227 e. The van der Waals surface area contributed by atoms with E-state index in [1.807, 2.05) is 0 Å². The molecule has 5 nitrogen and oxygen atoms in total. The van der Waals surface area contributed by atoms with Crippen LogP contribution < -0.4 is 9.47 Å². The van der Waals surface area contributed by atoms with Gasteiger partial charge in [-0.25, -0.2) is 4.98 Å². The molecule has 0 bridgehead atoms. The van der Waals surface area contributed by atoms with Crippen molar-refractivity contribution in [3.8, 4) is 23.0 Å². The molecule has 2 unspecified atom stereocenters. The molecule has 55 heavy (non-hydrogen) atoms. The van der Waals surface area contributed by atoms with E-state index < -0.39 is 0 Å². The number of ether oxygens (including phenoxy) is 2. The van der Waals surface area contributed by atoms with Gasteiger partial charge in [-0.2, -0.15) is 0 Å². The van der Waals surface area contributed by atoms with E-state index in [4.69, 9.17) is 23.9 Å². The van der Waals surface area contributed by atoms with Crippen molar-refractivity contribution in [2.45, 2.75) is 169 Å². The number of rotatable bonds is 19. The van der Waals surface area contributed by atoms with Gasteiger partial charge in [0.1, 0.15) is 17.0 Å². The number of fused-ring (bicyclic) bond motifs is 1. The summed E-state index contributed by atoms with van der Waals surface area (Å²) in [6.07, 6.45) is 22.5. The molecule has 298 valence electrons. The molecule has 2 aliphatic rings. The quantitative estimate of drug-likeness (QED) is 0.0897. The monoisotopic (exact) mass is 747 g/mol. The minimum absolute atomic E-state index is 0.528. The van der Waals surface area contributed by atoms with Crippen LogP contribution in [-0.4, -0.2) is 23.9 Å². The number of aryl methyl sites for hydroxylation is 1. The third kappa shape index (κ3) is 10.8. The third-order valence-electron chi connectivity index (χ3n) is 12.8. The molecule has 0 amide bonds. The van der Waals surface area contributed by atoms with Gasteiger partial charge in [-0.05, 0) is 129 Å². The topological polar surface area (TPSA) is 56.9 Å². The molecule has 0 N–H and O–H groups in total. The highest BCUT2D eigenvalue weighted by Crippen LogP contribution is 2.43. The SMILES string of the molecule is CCCCC(CC)COc1cc(C)c(/N=C(\C)c2ccc(-c3nc4cc(C5CCCCC5)c(OCC(CC)CCCC)cc4o3)cc2)cc1C1CCCCC1. The molecule has 0 saturated heterocycles. The Morgan fingerprint density at radius 3 is 1.82 bits per heavy atom. The van der Waals surface area contributed by atoms with Crippen LogP contribution in [0.3, 0.4) is 0 Å². The van der Waals surface area contributed by atoms with Gasteiger partial charge in [0.2, 0.25) is 5.89 Å². The molecule has 4 aromatic rings. The second-order valence-electron chi connectivity index (χ2n) is 17.0. The number of aromatic nitrogens is 1. The van der Waals surface area contributed by atoms with Gasteiger partial charge >= 0.3 is 0 Å². The molecule has 5 heteroatoms. The van der Waals surface area contributed by atoms with Crippen molar-refractivity contribution in [1.82, 2.24) is 4.98 Å². The van der Waals surface area contributed by atoms with Gasteiger partial charge in [0.25, 0.3) is 0 Å². The summed E-state index contributed by atoms with van der Waals surface area (Å²) in [5, 5.41) is 0.